The maximum Gasteiger partial charge on any atom is 0.325 e. The van der Waals surface area contributed by atoms with Gasteiger partial charge in [0, 0.05) is 5.69 Å². The summed E-state index contributed by atoms with van der Waals surface area (Å²) in [5, 5.41) is 9.78. The summed E-state index contributed by atoms with van der Waals surface area (Å²) >= 11 is 0. The van der Waals surface area contributed by atoms with Gasteiger partial charge >= 0.3 is 5.97 Å². The van der Waals surface area contributed by atoms with Crippen molar-refractivity contribution in [1.29, 1.82) is 0 Å². The number of rotatable bonds is 8. The molecule has 2 amide bonds. The SMILES string of the molecule is COc1ccccc1C(=O)NCC(=O)OCC(=O)Nc1ccc(S(N)(=O)=O)cc1. The van der Waals surface area contributed by atoms with Crippen molar-refractivity contribution in [1.82, 2.24) is 5.32 Å². The molecule has 0 heterocycles. The minimum absolute atomic E-state index is 0.104. The highest BCUT2D eigenvalue weighted by Crippen LogP contribution is 2.16. The highest BCUT2D eigenvalue weighted by atomic mass is 32.2. The second-order valence-electron chi connectivity index (χ2n) is 5.66. The molecule has 0 unspecified atom stereocenters. The number of benzene rings is 2. The van der Waals surface area contributed by atoms with Crippen LogP contribution in [0, 0.1) is 0 Å². The number of esters is 1. The van der Waals surface area contributed by atoms with Gasteiger partial charge in [0.25, 0.3) is 11.8 Å². The number of hydrogen-bond donors (Lipinski definition) is 3. The zero-order chi connectivity index (χ0) is 21.4. The van der Waals surface area contributed by atoms with E-state index < -0.39 is 41.0 Å². The van der Waals surface area contributed by atoms with Crippen molar-refractivity contribution < 1.29 is 32.3 Å². The van der Waals surface area contributed by atoms with Gasteiger partial charge in [-0.3, -0.25) is 14.4 Å². The molecule has 4 N–H and O–H groups in total. The number of nitrogens with one attached hydrogen (secondary N) is 2. The number of nitrogens with two attached hydrogens (primary N) is 1. The molecular weight excluding hydrogens is 402 g/mol. The van der Waals surface area contributed by atoms with Crippen molar-refractivity contribution in [2.24, 2.45) is 5.14 Å². The first-order valence-corrected chi connectivity index (χ1v) is 9.75. The molecule has 10 nitrogen and oxygen atoms in total. The van der Waals surface area contributed by atoms with Crippen LogP contribution in [0.15, 0.2) is 53.4 Å². The van der Waals surface area contributed by atoms with Crippen LogP contribution in [0.2, 0.25) is 0 Å². The van der Waals surface area contributed by atoms with Crippen molar-refractivity contribution in [2.45, 2.75) is 4.90 Å². The Morgan fingerprint density at radius 2 is 1.69 bits per heavy atom. The van der Waals surface area contributed by atoms with Gasteiger partial charge in [0.2, 0.25) is 10.0 Å². The Hall–Kier alpha value is -3.44. The fourth-order valence-electron chi connectivity index (χ4n) is 2.20. The first kappa shape index (κ1) is 21.9. The van der Waals surface area contributed by atoms with Crippen molar-refractivity contribution >= 4 is 33.5 Å². The highest BCUT2D eigenvalue weighted by molar-refractivity contribution is 7.89. The van der Waals surface area contributed by atoms with E-state index in [1.807, 2.05) is 0 Å². The topological polar surface area (TPSA) is 154 Å². The summed E-state index contributed by atoms with van der Waals surface area (Å²) in [6.45, 7) is -1.02. The third-order valence-corrected chi connectivity index (χ3v) is 4.50. The van der Waals surface area contributed by atoms with Gasteiger partial charge < -0.3 is 20.1 Å². The van der Waals surface area contributed by atoms with Crippen LogP contribution in [0.4, 0.5) is 5.69 Å². The minimum atomic E-state index is -3.83. The molecule has 29 heavy (non-hydrogen) atoms. The second kappa shape index (κ2) is 9.66. The lowest BCUT2D eigenvalue weighted by atomic mass is 10.2. The predicted octanol–water partition coefficient (Wildman–Crippen LogP) is 0.254. The zero-order valence-electron chi connectivity index (χ0n) is 15.4. The number of amides is 2. The average Bonchev–Trinajstić information content (AvgIpc) is 2.70. The molecule has 2 rings (SSSR count). The molecule has 0 bridgehead atoms. The Balaban J connectivity index is 1.78. The fourth-order valence-corrected chi connectivity index (χ4v) is 2.72. The summed E-state index contributed by atoms with van der Waals surface area (Å²) in [4.78, 5) is 35.5. The monoisotopic (exact) mass is 421 g/mol. The lowest BCUT2D eigenvalue weighted by Gasteiger charge is -2.09. The number of sulfonamides is 1. The summed E-state index contributed by atoms with van der Waals surface area (Å²) in [7, 11) is -2.41. The summed E-state index contributed by atoms with van der Waals surface area (Å²) < 4.78 is 32.2. The molecule has 0 spiro atoms. The van der Waals surface area contributed by atoms with Crippen LogP contribution < -0.4 is 20.5 Å². The number of hydrogen-bond acceptors (Lipinski definition) is 7. The Kier molecular flexibility index (Phi) is 7.28. The third-order valence-electron chi connectivity index (χ3n) is 3.58. The van der Waals surface area contributed by atoms with E-state index >= 15 is 0 Å². The number of para-hydroxylation sites is 1. The van der Waals surface area contributed by atoms with Crippen molar-refractivity contribution in [2.75, 3.05) is 25.6 Å². The van der Waals surface area contributed by atoms with Gasteiger partial charge in [-0.1, -0.05) is 12.1 Å². The van der Waals surface area contributed by atoms with Crippen molar-refractivity contribution in [3.63, 3.8) is 0 Å². The molecule has 0 aliphatic carbocycles. The molecule has 0 aliphatic rings. The molecule has 0 saturated carbocycles. The minimum Gasteiger partial charge on any atom is -0.496 e. The molecule has 2 aromatic carbocycles. The number of carbonyl (C=O) groups is 3. The summed E-state index contributed by atoms with van der Waals surface area (Å²) in [5.41, 5.74) is 0.548. The van der Waals surface area contributed by atoms with Crippen molar-refractivity contribution in [3.8, 4) is 5.75 Å². The molecule has 0 radical (unpaired) electrons. The number of ether oxygens (including phenoxy) is 2. The van der Waals surface area contributed by atoms with Crippen LogP contribution in [-0.2, 0) is 24.3 Å². The first-order valence-electron chi connectivity index (χ1n) is 8.20. The van der Waals surface area contributed by atoms with Crippen LogP contribution in [0.25, 0.3) is 0 Å². The number of anilines is 1. The number of methoxy groups -OCH3 is 1. The number of primary sulfonamides is 1. The van der Waals surface area contributed by atoms with Crippen molar-refractivity contribution in [3.05, 3.63) is 54.1 Å². The van der Waals surface area contributed by atoms with Gasteiger partial charge in [0.05, 0.1) is 17.6 Å². The smallest absolute Gasteiger partial charge is 0.325 e. The van der Waals surface area contributed by atoms with Crippen LogP contribution in [-0.4, -0.2) is 46.5 Å². The fraction of sp³-hybridized carbons (Fsp3) is 0.167. The van der Waals surface area contributed by atoms with E-state index in [-0.39, 0.29) is 10.5 Å². The maximum atomic E-state index is 12.1. The zero-order valence-corrected chi connectivity index (χ0v) is 16.2. The molecule has 0 saturated heterocycles. The van der Waals surface area contributed by atoms with E-state index in [0.29, 0.717) is 11.4 Å². The molecule has 0 aliphatic heterocycles. The molecule has 154 valence electrons. The van der Waals surface area contributed by atoms with E-state index in [1.165, 1.54) is 37.4 Å². The van der Waals surface area contributed by atoms with Gasteiger partial charge in [-0.2, -0.15) is 0 Å². The van der Waals surface area contributed by atoms with Crippen LogP contribution in [0.5, 0.6) is 5.75 Å². The normalized spacial score (nSPS) is 10.7. The average molecular weight is 421 g/mol. The maximum absolute atomic E-state index is 12.1. The van der Waals surface area contributed by atoms with Gasteiger partial charge in [-0.05, 0) is 36.4 Å². The lowest BCUT2D eigenvalue weighted by molar-refractivity contribution is -0.146. The standard InChI is InChI=1S/C18H19N3O7S/c1-27-15-5-3-2-4-14(15)18(24)20-10-17(23)28-11-16(22)21-12-6-8-13(9-7-12)29(19,25)26/h2-9H,10-11H2,1H3,(H,20,24)(H,21,22)(H2,19,25,26). The van der Waals surface area contributed by atoms with E-state index in [4.69, 9.17) is 14.6 Å². The van der Waals surface area contributed by atoms with Gasteiger partial charge in [0.1, 0.15) is 12.3 Å². The predicted molar refractivity (Wildman–Crippen MR) is 103 cm³/mol. The Labute approximate surface area is 167 Å². The Morgan fingerprint density at radius 1 is 1.03 bits per heavy atom. The number of carbonyl (C=O) groups excluding carboxylic acids is 3. The highest BCUT2D eigenvalue weighted by Gasteiger charge is 2.14. The molecule has 0 fully saturated rings. The van der Waals surface area contributed by atoms with Crippen LogP contribution >= 0.6 is 0 Å². The van der Waals surface area contributed by atoms with E-state index in [9.17, 15) is 22.8 Å². The van der Waals surface area contributed by atoms with Gasteiger partial charge in [-0.15, -0.1) is 0 Å². The largest absolute Gasteiger partial charge is 0.496 e. The van der Waals surface area contributed by atoms with Crippen LogP contribution in [0.1, 0.15) is 10.4 Å². The van der Waals surface area contributed by atoms with E-state index in [0.717, 1.165) is 0 Å². The third kappa shape index (κ3) is 6.59. The summed E-state index contributed by atoms with van der Waals surface area (Å²) in [6.07, 6.45) is 0. The van der Waals surface area contributed by atoms with E-state index in [1.54, 1.807) is 18.2 Å². The summed E-state index contributed by atoms with van der Waals surface area (Å²) in [5.74, 6) is -1.63. The molecular formula is C18H19N3O7S. The molecule has 0 atom stereocenters. The second-order valence-corrected chi connectivity index (χ2v) is 7.22. The molecule has 2 aromatic rings. The van der Waals surface area contributed by atoms with Gasteiger partial charge in [0.15, 0.2) is 6.61 Å². The van der Waals surface area contributed by atoms with Crippen LogP contribution in [0.3, 0.4) is 0 Å². The molecule has 0 aromatic heterocycles. The van der Waals surface area contributed by atoms with Gasteiger partial charge in [-0.25, -0.2) is 13.6 Å². The first-order chi connectivity index (χ1) is 13.7. The van der Waals surface area contributed by atoms with E-state index in [2.05, 4.69) is 10.6 Å². The molecule has 11 heteroatoms. The summed E-state index contributed by atoms with van der Waals surface area (Å²) in [6, 6.07) is 11.6. The lowest BCUT2D eigenvalue weighted by Crippen LogP contribution is -2.32. The Bertz CT molecular complexity index is 1000. The quantitative estimate of drug-likeness (QED) is 0.516. The Morgan fingerprint density at radius 3 is 2.31 bits per heavy atom.